The topological polar surface area (TPSA) is 73.6 Å². The van der Waals surface area contributed by atoms with Crippen molar-refractivity contribution in [1.82, 2.24) is 0 Å². The molecule has 1 saturated heterocycles. The minimum absolute atomic E-state index is 0.271. The number of benzene rings is 1. The molecule has 5 nitrogen and oxygen atoms in total. The van der Waals surface area contributed by atoms with E-state index in [1.54, 1.807) is 18.2 Å². The lowest BCUT2D eigenvalue weighted by atomic mass is 10.1. The molecule has 2 aliphatic heterocycles. The summed E-state index contributed by atoms with van der Waals surface area (Å²) in [6.45, 7) is 1.03. The van der Waals surface area contributed by atoms with E-state index in [9.17, 15) is 4.79 Å². The predicted molar refractivity (Wildman–Crippen MR) is 57.7 cm³/mol. The fourth-order valence-electron chi connectivity index (χ4n) is 2.09. The molecule has 0 bridgehead atoms. The largest absolute Gasteiger partial charge is 0.399 e. The second-order valence-corrected chi connectivity index (χ2v) is 3.93. The van der Waals surface area contributed by atoms with Gasteiger partial charge in [-0.1, -0.05) is 0 Å². The van der Waals surface area contributed by atoms with Crippen LogP contribution in [0.25, 0.3) is 0 Å². The van der Waals surface area contributed by atoms with Crippen molar-refractivity contribution in [2.24, 2.45) is 0 Å². The van der Waals surface area contributed by atoms with E-state index in [1.165, 1.54) is 0 Å². The molecule has 2 aliphatic rings. The normalized spacial score (nSPS) is 21.9. The van der Waals surface area contributed by atoms with Gasteiger partial charge in [0, 0.05) is 11.3 Å². The summed E-state index contributed by atoms with van der Waals surface area (Å²) in [7, 11) is 0. The van der Waals surface area contributed by atoms with E-state index in [4.69, 9.17) is 15.2 Å². The Balaban J connectivity index is 2.13. The van der Waals surface area contributed by atoms with Crippen LogP contribution in [0.5, 0.6) is 0 Å². The van der Waals surface area contributed by atoms with Gasteiger partial charge >= 0.3 is 0 Å². The van der Waals surface area contributed by atoms with Crippen LogP contribution in [0.1, 0.15) is 12.0 Å². The van der Waals surface area contributed by atoms with Crippen molar-refractivity contribution in [1.29, 1.82) is 0 Å². The van der Waals surface area contributed by atoms with Gasteiger partial charge in [-0.25, -0.2) is 0 Å². The third kappa shape index (κ3) is 1.15. The standard InChI is InChI=1S/C11H12N2O3/c12-7-2-3-9-8(6-7)11(10(14)13-9)15-4-1-5-16-11/h2-3,6H,1,4-5,12H2,(H,13,14). The molecule has 1 fully saturated rings. The fraction of sp³-hybridized carbons (Fsp3) is 0.364. The number of amides is 1. The Morgan fingerprint density at radius 2 is 2.06 bits per heavy atom. The number of ether oxygens (including phenoxy) is 2. The third-order valence-electron chi connectivity index (χ3n) is 2.84. The van der Waals surface area contributed by atoms with Crippen molar-refractivity contribution in [2.45, 2.75) is 12.2 Å². The molecule has 2 heterocycles. The number of carbonyl (C=O) groups excluding carboxylic acids is 1. The first-order valence-corrected chi connectivity index (χ1v) is 5.22. The van der Waals surface area contributed by atoms with Crippen LogP contribution in [0.3, 0.4) is 0 Å². The average Bonchev–Trinajstić information content (AvgIpc) is 2.55. The van der Waals surface area contributed by atoms with Crippen molar-refractivity contribution in [3.63, 3.8) is 0 Å². The highest BCUT2D eigenvalue weighted by atomic mass is 16.7. The van der Waals surface area contributed by atoms with Gasteiger partial charge in [-0.05, 0) is 24.6 Å². The minimum atomic E-state index is -1.27. The zero-order chi connectivity index (χ0) is 11.2. The number of anilines is 2. The Bertz CT molecular complexity index is 453. The van der Waals surface area contributed by atoms with Crippen LogP contribution in [-0.2, 0) is 20.1 Å². The molecule has 5 heteroatoms. The molecule has 3 N–H and O–H groups in total. The number of nitrogen functional groups attached to an aromatic ring is 1. The van der Waals surface area contributed by atoms with Gasteiger partial charge in [0.1, 0.15) is 0 Å². The molecule has 3 rings (SSSR count). The van der Waals surface area contributed by atoms with E-state index < -0.39 is 5.79 Å². The molecule has 1 aromatic rings. The fourth-order valence-corrected chi connectivity index (χ4v) is 2.09. The lowest BCUT2D eigenvalue weighted by molar-refractivity contribution is -0.255. The van der Waals surface area contributed by atoms with Gasteiger partial charge in [0.2, 0.25) is 0 Å². The summed E-state index contributed by atoms with van der Waals surface area (Å²) in [5, 5.41) is 2.74. The van der Waals surface area contributed by atoms with Gasteiger partial charge < -0.3 is 20.5 Å². The number of carbonyl (C=O) groups is 1. The first-order valence-electron chi connectivity index (χ1n) is 5.22. The number of fused-ring (bicyclic) bond motifs is 2. The molecule has 0 unspecified atom stereocenters. The number of nitrogens with two attached hydrogens (primary N) is 1. The Morgan fingerprint density at radius 3 is 2.81 bits per heavy atom. The molecule has 1 aromatic carbocycles. The maximum Gasteiger partial charge on any atom is 0.289 e. The molecular weight excluding hydrogens is 208 g/mol. The van der Waals surface area contributed by atoms with Crippen molar-refractivity contribution >= 4 is 17.3 Å². The van der Waals surface area contributed by atoms with Gasteiger partial charge in [-0.3, -0.25) is 4.79 Å². The monoisotopic (exact) mass is 220 g/mol. The lowest BCUT2D eigenvalue weighted by Crippen LogP contribution is -2.43. The Kier molecular flexibility index (Phi) is 1.92. The van der Waals surface area contributed by atoms with Crippen molar-refractivity contribution in [3.05, 3.63) is 23.8 Å². The van der Waals surface area contributed by atoms with Crippen LogP contribution in [-0.4, -0.2) is 19.1 Å². The molecule has 0 saturated carbocycles. The summed E-state index contributed by atoms with van der Waals surface area (Å²) in [6.07, 6.45) is 0.798. The van der Waals surface area contributed by atoms with Crippen molar-refractivity contribution in [2.75, 3.05) is 24.3 Å². The van der Waals surface area contributed by atoms with E-state index in [0.29, 0.717) is 30.2 Å². The second-order valence-electron chi connectivity index (χ2n) is 3.93. The number of hydrogen-bond donors (Lipinski definition) is 2. The quantitative estimate of drug-likeness (QED) is 0.634. The molecule has 84 valence electrons. The molecule has 1 spiro atoms. The minimum Gasteiger partial charge on any atom is -0.399 e. The van der Waals surface area contributed by atoms with Gasteiger partial charge in [-0.2, -0.15) is 0 Å². The molecule has 1 amide bonds. The van der Waals surface area contributed by atoms with E-state index in [-0.39, 0.29) is 5.91 Å². The van der Waals surface area contributed by atoms with Crippen LogP contribution in [0, 0.1) is 0 Å². The summed E-state index contributed by atoms with van der Waals surface area (Å²) in [4.78, 5) is 11.9. The first-order chi connectivity index (χ1) is 7.72. The summed E-state index contributed by atoms with van der Waals surface area (Å²) >= 11 is 0. The molecule has 0 aromatic heterocycles. The summed E-state index contributed by atoms with van der Waals surface area (Å²) in [5.41, 5.74) is 7.69. The van der Waals surface area contributed by atoms with Crippen molar-refractivity contribution in [3.8, 4) is 0 Å². The first kappa shape index (κ1) is 9.62. The van der Waals surface area contributed by atoms with E-state index >= 15 is 0 Å². The summed E-state index contributed by atoms with van der Waals surface area (Å²) in [5.74, 6) is -1.55. The van der Waals surface area contributed by atoms with E-state index in [2.05, 4.69) is 5.32 Å². The predicted octanol–water partition coefficient (Wildman–Crippen LogP) is 0.811. The summed E-state index contributed by atoms with van der Waals surface area (Å²) < 4.78 is 11.1. The molecule has 0 aliphatic carbocycles. The third-order valence-corrected chi connectivity index (χ3v) is 2.84. The second kappa shape index (κ2) is 3.20. The van der Waals surface area contributed by atoms with Gasteiger partial charge in [0.15, 0.2) is 0 Å². The molecular formula is C11H12N2O3. The maximum absolute atomic E-state index is 11.9. The van der Waals surface area contributed by atoms with Gasteiger partial charge in [-0.15, -0.1) is 0 Å². The van der Waals surface area contributed by atoms with E-state index in [1.807, 2.05) is 0 Å². The average molecular weight is 220 g/mol. The van der Waals surface area contributed by atoms with Gasteiger partial charge in [0.05, 0.1) is 18.9 Å². The van der Waals surface area contributed by atoms with Crippen molar-refractivity contribution < 1.29 is 14.3 Å². The van der Waals surface area contributed by atoms with Gasteiger partial charge in [0.25, 0.3) is 11.7 Å². The molecule has 0 atom stereocenters. The molecule has 0 radical (unpaired) electrons. The zero-order valence-electron chi connectivity index (χ0n) is 8.66. The highest BCUT2D eigenvalue weighted by Gasteiger charge is 2.51. The SMILES string of the molecule is Nc1ccc2c(c1)C1(OCCCO1)C(=O)N2. The molecule has 16 heavy (non-hydrogen) atoms. The Labute approximate surface area is 92.5 Å². The highest BCUT2D eigenvalue weighted by molar-refractivity contribution is 6.04. The number of rotatable bonds is 0. The zero-order valence-corrected chi connectivity index (χ0v) is 8.66. The number of hydrogen-bond acceptors (Lipinski definition) is 4. The smallest absolute Gasteiger partial charge is 0.289 e. The van der Waals surface area contributed by atoms with Crippen LogP contribution < -0.4 is 11.1 Å². The van der Waals surface area contributed by atoms with Crippen LogP contribution >= 0.6 is 0 Å². The summed E-state index contributed by atoms with van der Waals surface area (Å²) in [6, 6.07) is 5.22. The Morgan fingerprint density at radius 1 is 1.31 bits per heavy atom. The Hall–Kier alpha value is -1.59. The maximum atomic E-state index is 11.9. The lowest BCUT2D eigenvalue weighted by Gasteiger charge is -2.31. The van der Waals surface area contributed by atoms with E-state index in [0.717, 1.165) is 6.42 Å². The van der Waals surface area contributed by atoms with Crippen LogP contribution in [0.15, 0.2) is 18.2 Å². The van der Waals surface area contributed by atoms with Crippen LogP contribution in [0.2, 0.25) is 0 Å². The highest BCUT2D eigenvalue weighted by Crippen LogP contribution is 2.42. The number of nitrogens with one attached hydrogen (secondary N) is 1. The van der Waals surface area contributed by atoms with Crippen LogP contribution in [0.4, 0.5) is 11.4 Å².